The second-order valence-corrected chi connectivity index (χ2v) is 5.66. The van der Waals surface area contributed by atoms with Crippen molar-refractivity contribution < 1.29 is 27.6 Å². The summed E-state index contributed by atoms with van der Waals surface area (Å²) in [4.78, 5) is 23.3. The zero-order valence-corrected chi connectivity index (χ0v) is 15.0. The predicted octanol–water partition coefficient (Wildman–Crippen LogP) is 1.35. The van der Waals surface area contributed by atoms with E-state index in [1.807, 2.05) is 0 Å². The fraction of sp³-hybridized carbons (Fsp3) is 0.533. The molecule has 1 atom stereocenters. The standard InChI is InChI=1S/C15H19F3N4O4.ClH/c16-15(17,18)13(21-7-5-19-6-8-21)9-20-14(23)10-26-12-4-2-1-3-11(12)22(24)25;/h1-4,13,19H,5-10H2,(H,20,23);1H. The van der Waals surface area contributed by atoms with E-state index in [0.717, 1.165) is 0 Å². The van der Waals surface area contributed by atoms with Gasteiger partial charge in [0.05, 0.1) is 4.92 Å². The highest BCUT2D eigenvalue weighted by molar-refractivity contribution is 5.85. The van der Waals surface area contributed by atoms with Gasteiger partial charge < -0.3 is 15.4 Å². The molecular formula is C15H20ClF3N4O4. The van der Waals surface area contributed by atoms with Crippen molar-refractivity contribution in [2.45, 2.75) is 12.2 Å². The number of nitro benzene ring substituents is 1. The maximum atomic E-state index is 13.2. The molecule has 8 nitrogen and oxygen atoms in total. The number of rotatable bonds is 7. The van der Waals surface area contributed by atoms with Crippen molar-refractivity contribution in [1.29, 1.82) is 0 Å². The van der Waals surface area contributed by atoms with Gasteiger partial charge in [0.2, 0.25) is 0 Å². The monoisotopic (exact) mass is 412 g/mol. The van der Waals surface area contributed by atoms with Gasteiger partial charge >= 0.3 is 11.9 Å². The van der Waals surface area contributed by atoms with E-state index in [4.69, 9.17) is 4.74 Å². The topological polar surface area (TPSA) is 96.7 Å². The quantitative estimate of drug-likeness (QED) is 0.518. The van der Waals surface area contributed by atoms with Crippen LogP contribution < -0.4 is 15.4 Å². The second-order valence-electron chi connectivity index (χ2n) is 5.66. The summed E-state index contributed by atoms with van der Waals surface area (Å²) in [5.41, 5.74) is -0.325. The van der Waals surface area contributed by atoms with Gasteiger partial charge in [0.25, 0.3) is 5.91 Å². The molecule has 1 aromatic carbocycles. The SMILES string of the molecule is Cl.O=C(COc1ccccc1[N+](=O)[O-])NCC(N1CCNCC1)C(F)(F)F. The third-order valence-electron chi connectivity index (χ3n) is 3.88. The molecule has 0 spiro atoms. The molecular weight excluding hydrogens is 393 g/mol. The Morgan fingerprint density at radius 2 is 1.96 bits per heavy atom. The van der Waals surface area contributed by atoms with Gasteiger partial charge in [-0.1, -0.05) is 12.1 Å². The summed E-state index contributed by atoms with van der Waals surface area (Å²) in [6.07, 6.45) is -4.48. The number of hydrogen-bond donors (Lipinski definition) is 2. The number of hydrogen-bond acceptors (Lipinski definition) is 6. The number of para-hydroxylation sites is 2. The number of nitrogens with zero attached hydrogens (tertiary/aromatic N) is 2. The summed E-state index contributed by atoms with van der Waals surface area (Å²) < 4.78 is 44.7. The van der Waals surface area contributed by atoms with E-state index < -0.39 is 36.2 Å². The van der Waals surface area contributed by atoms with Crippen LogP contribution in [0.15, 0.2) is 24.3 Å². The number of alkyl halides is 3. The number of amides is 1. The molecule has 0 aromatic heterocycles. The van der Waals surface area contributed by atoms with Crippen LogP contribution in [0.3, 0.4) is 0 Å². The van der Waals surface area contributed by atoms with Crippen LogP contribution in [0.25, 0.3) is 0 Å². The Morgan fingerprint density at radius 1 is 1.33 bits per heavy atom. The minimum Gasteiger partial charge on any atom is -0.477 e. The van der Waals surface area contributed by atoms with E-state index in [1.165, 1.54) is 29.2 Å². The van der Waals surface area contributed by atoms with Gasteiger partial charge in [0.15, 0.2) is 12.4 Å². The number of nitro groups is 1. The Bertz CT molecular complexity index is 642. The number of carbonyl (C=O) groups is 1. The highest BCUT2D eigenvalue weighted by Crippen LogP contribution is 2.26. The maximum Gasteiger partial charge on any atom is 0.405 e. The first kappa shape index (κ1) is 22.9. The van der Waals surface area contributed by atoms with Gasteiger partial charge in [0, 0.05) is 38.8 Å². The number of benzene rings is 1. The molecule has 1 fully saturated rings. The Balaban J connectivity index is 0.00000364. The highest BCUT2D eigenvalue weighted by atomic mass is 35.5. The number of nitrogens with one attached hydrogen (secondary N) is 2. The van der Waals surface area contributed by atoms with Crippen LogP contribution in [0.1, 0.15) is 0 Å². The molecule has 2 N–H and O–H groups in total. The molecule has 1 aliphatic rings. The molecule has 27 heavy (non-hydrogen) atoms. The number of halogens is 4. The maximum absolute atomic E-state index is 13.2. The third-order valence-corrected chi connectivity index (χ3v) is 3.88. The lowest BCUT2D eigenvalue weighted by molar-refractivity contribution is -0.385. The van der Waals surface area contributed by atoms with Gasteiger partial charge in [-0.25, -0.2) is 0 Å². The minimum absolute atomic E-state index is 0. The third kappa shape index (κ3) is 6.85. The molecule has 1 aromatic rings. The smallest absolute Gasteiger partial charge is 0.405 e. The first-order valence-corrected chi connectivity index (χ1v) is 7.93. The van der Waals surface area contributed by atoms with Gasteiger partial charge in [-0.05, 0) is 6.07 Å². The van der Waals surface area contributed by atoms with E-state index >= 15 is 0 Å². The summed E-state index contributed by atoms with van der Waals surface area (Å²) in [7, 11) is 0. The lowest BCUT2D eigenvalue weighted by Gasteiger charge is -2.35. The van der Waals surface area contributed by atoms with Crippen molar-refractivity contribution >= 4 is 24.0 Å². The second kappa shape index (κ2) is 10.3. The fourth-order valence-electron chi connectivity index (χ4n) is 2.58. The molecule has 0 aliphatic carbocycles. The van der Waals surface area contributed by atoms with E-state index in [1.54, 1.807) is 0 Å². The predicted molar refractivity (Wildman–Crippen MR) is 93.1 cm³/mol. The first-order chi connectivity index (χ1) is 12.3. The Morgan fingerprint density at radius 3 is 2.56 bits per heavy atom. The summed E-state index contributed by atoms with van der Waals surface area (Å²) in [6.45, 7) is 0.127. The molecule has 1 unspecified atom stereocenters. The zero-order valence-electron chi connectivity index (χ0n) is 14.2. The Kier molecular flexibility index (Phi) is 8.73. The lowest BCUT2D eigenvalue weighted by Crippen LogP contribution is -2.57. The van der Waals surface area contributed by atoms with Crippen LogP contribution in [0, 0.1) is 10.1 Å². The zero-order chi connectivity index (χ0) is 19.2. The van der Waals surface area contributed by atoms with Crippen LogP contribution in [-0.2, 0) is 4.79 Å². The van der Waals surface area contributed by atoms with Crippen molar-refractivity contribution in [2.75, 3.05) is 39.3 Å². The molecule has 1 heterocycles. The molecule has 0 radical (unpaired) electrons. The van der Waals surface area contributed by atoms with Gasteiger partial charge in [-0.2, -0.15) is 13.2 Å². The molecule has 152 valence electrons. The first-order valence-electron chi connectivity index (χ1n) is 7.93. The van der Waals surface area contributed by atoms with E-state index in [0.29, 0.717) is 13.1 Å². The van der Waals surface area contributed by atoms with Gasteiger partial charge in [-0.3, -0.25) is 19.8 Å². The van der Waals surface area contributed by atoms with E-state index in [9.17, 15) is 28.1 Å². The molecule has 0 saturated carbocycles. The van der Waals surface area contributed by atoms with E-state index in [2.05, 4.69) is 10.6 Å². The summed E-state index contributed by atoms with van der Waals surface area (Å²) >= 11 is 0. The average molecular weight is 413 g/mol. The molecule has 1 amide bonds. The van der Waals surface area contributed by atoms with Crippen molar-refractivity contribution in [3.8, 4) is 5.75 Å². The summed E-state index contributed by atoms with van der Waals surface area (Å²) in [5.74, 6) is -0.908. The normalized spacial score (nSPS) is 16.1. The molecule has 12 heteroatoms. The molecule has 1 saturated heterocycles. The van der Waals surface area contributed by atoms with E-state index in [-0.39, 0.29) is 36.9 Å². The Hall–Kier alpha value is -2.11. The molecule has 2 rings (SSSR count). The van der Waals surface area contributed by atoms with Crippen molar-refractivity contribution in [1.82, 2.24) is 15.5 Å². The van der Waals surface area contributed by atoms with Gasteiger partial charge in [-0.15, -0.1) is 12.4 Å². The van der Waals surface area contributed by atoms with Crippen molar-refractivity contribution in [3.63, 3.8) is 0 Å². The summed E-state index contributed by atoms with van der Waals surface area (Å²) in [5, 5.41) is 16.0. The molecule has 1 aliphatic heterocycles. The van der Waals surface area contributed by atoms with Crippen LogP contribution in [0.2, 0.25) is 0 Å². The minimum atomic E-state index is -4.48. The van der Waals surface area contributed by atoms with Crippen LogP contribution in [0.4, 0.5) is 18.9 Å². The Labute approximate surface area is 159 Å². The van der Waals surface area contributed by atoms with Crippen molar-refractivity contribution in [3.05, 3.63) is 34.4 Å². The number of carbonyl (C=O) groups excluding carboxylic acids is 1. The van der Waals surface area contributed by atoms with Crippen LogP contribution in [-0.4, -0.2) is 67.3 Å². The average Bonchev–Trinajstić information content (AvgIpc) is 2.60. The number of ether oxygens (including phenoxy) is 1. The lowest BCUT2D eigenvalue weighted by atomic mass is 10.2. The van der Waals surface area contributed by atoms with Gasteiger partial charge in [0.1, 0.15) is 6.04 Å². The summed E-state index contributed by atoms with van der Waals surface area (Å²) in [6, 6.07) is 3.65. The number of piperazine rings is 1. The van der Waals surface area contributed by atoms with Crippen molar-refractivity contribution in [2.24, 2.45) is 0 Å². The largest absolute Gasteiger partial charge is 0.477 e. The molecule has 0 bridgehead atoms. The fourth-order valence-corrected chi connectivity index (χ4v) is 2.58. The highest BCUT2D eigenvalue weighted by Gasteiger charge is 2.43. The van der Waals surface area contributed by atoms with Crippen LogP contribution in [0.5, 0.6) is 5.75 Å². The van der Waals surface area contributed by atoms with Crippen LogP contribution >= 0.6 is 12.4 Å².